The van der Waals surface area contributed by atoms with Crippen LogP contribution in [0.3, 0.4) is 0 Å². The average molecular weight is 729 g/mol. The third kappa shape index (κ3) is 6.65. The van der Waals surface area contributed by atoms with Gasteiger partial charge in [0.15, 0.2) is 0 Å². The molecule has 0 aliphatic carbocycles. The van der Waals surface area contributed by atoms with E-state index < -0.39 is 0 Å². The summed E-state index contributed by atoms with van der Waals surface area (Å²) in [5.41, 5.74) is 19.8. The number of allylic oxidation sites excluding steroid dienone is 2. The number of furan rings is 1. The number of hydrogen-bond acceptors (Lipinski definition) is 4. The van der Waals surface area contributed by atoms with Gasteiger partial charge in [-0.2, -0.15) is 0 Å². The Morgan fingerprint density at radius 3 is 2.20 bits per heavy atom. The summed E-state index contributed by atoms with van der Waals surface area (Å²) < 4.78 is 8.78. The highest BCUT2D eigenvalue weighted by molar-refractivity contribution is 6.13. The largest absolute Gasteiger partial charge is 0.455 e. The lowest BCUT2D eigenvalue weighted by Gasteiger charge is -2.27. The number of aromatic nitrogens is 1. The molecule has 274 valence electrons. The second kappa shape index (κ2) is 15.7. The van der Waals surface area contributed by atoms with E-state index >= 15 is 0 Å². The van der Waals surface area contributed by atoms with Gasteiger partial charge in [-0.05, 0) is 89.9 Å². The van der Waals surface area contributed by atoms with Crippen molar-refractivity contribution in [3.05, 3.63) is 188 Å². The maximum atomic E-state index is 6.59. The zero-order valence-electron chi connectivity index (χ0n) is 32.0. The number of hydrogen-bond donors (Lipinski definition) is 1. The molecule has 0 bridgehead atoms. The summed E-state index contributed by atoms with van der Waals surface area (Å²) in [5.74, 6) is 0. The van der Waals surface area contributed by atoms with Crippen molar-refractivity contribution in [1.82, 2.24) is 4.57 Å². The Morgan fingerprint density at radius 2 is 1.41 bits per heavy atom. The van der Waals surface area contributed by atoms with E-state index in [1.54, 1.807) is 12.4 Å². The van der Waals surface area contributed by atoms with Crippen LogP contribution in [0.5, 0.6) is 0 Å². The fourth-order valence-corrected chi connectivity index (χ4v) is 7.52. The number of aliphatic imine (C=N–C) groups is 1. The van der Waals surface area contributed by atoms with Gasteiger partial charge in [-0.1, -0.05) is 124 Å². The minimum atomic E-state index is 0.642. The van der Waals surface area contributed by atoms with Crippen LogP contribution in [-0.4, -0.2) is 10.8 Å². The molecule has 5 nitrogen and oxygen atoms in total. The fraction of sp³-hybridized carbons (Fsp3) is 0.0784. The standard InChI is InChI=1S/C49H38N4O.C2H6/c1-3-29-51-31-33(2)35-21-19-34(20-22-35)32-52(47-17-8-6-15-44(47)50)37-24-26-38(27-25-37)53-45-16-7-4-11-40(45)43-30-36(23-28-46(43)53)39-13-10-14-42-41-12-5-9-18-48(41)54-49(39)42;1-2/h3-31H,2,32,50H2,1H3;1-2H3/b29-3-,51-31?;. The van der Waals surface area contributed by atoms with E-state index in [2.05, 4.69) is 148 Å². The number of fused-ring (bicyclic) bond motifs is 6. The number of nitrogen functional groups attached to an aromatic ring is 1. The molecule has 0 radical (unpaired) electrons. The van der Waals surface area contributed by atoms with Crippen LogP contribution in [0.1, 0.15) is 31.9 Å². The molecule has 7 aromatic carbocycles. The first-order valence-corrected chi connectivity index (χ1v) is 19.2. The number of nitrogens with two attached hydrogens (primary N) is 1. The van der Waals surface area contributed by atoms with Gasteiger partial charge in [0.25, 0.3) is 0 Å². The van der Waals surface area contributed by atoms with Crippen LogP contribution in [0.4, 0.5) is 17.1 Å². The molecule has 2 heterocycles. The van der Waals surface area contributed by atoms with Crippen molar-refractivity contribution >= 4 is 72.6 Å². The number of anilines is 3. The van der Waals surface area contributed by atoms with Crippen molar-refractivity contribution in [2.45, 2.75) is 27.3 Å². The molecule has 2 aromatic heterocycles. The predicted octanol–water partition coefficient (Wildman–Crippen LogP) is 13.9. The van der Waals surface area contributed by atoms with E-state index in [0.29, 0.717) is 6.54 Å². The molecule has 0 aliphatic heterocycles. The summed E-state index contributed by atoms with van der Waals surface area (Å²) in [6.07, 6.45) is 5.44. The van der Waals surface area contributed by atoms with Crippen LogP contribution in [0.25, 0.3) is 66.1 Å². The maximum Gasteiger partial charge on any atom is 0.143 e. The molecule has 0 amide bonds. The zero-order valence-corrected chi connectivity index (χ0v) is 32.0. The van der Waals surface area contributed by atoms with Gasteiger partial charge < -0.3 is 19.6 Å². The minimum absolute atomic E-state index is 0.642. The Hall–Kier alpha value is -7.11. The minimum Gasteiger partial charge on any atom is -0.455 e. The van der Waals surface area contributed by atoms with E-state index in [-0.39, 0.29) is 0 Å². The van der Waals surface area contributed by atoms with Gasteiger partial charge in [0.05, 0.1) is 22.4 Å². The lowest BCUT2D eigenvalue weighted by Crippen LogP contribution is -2.18. The van der Waals surface area contributed by atoms with Crippen LogP contribution < -0.4 is 10.6 Å². The molecule has 9 rings (SSSR count). The summed E-state index contributed by atoms with van der Waals surface area (Å²) in [5, 5.41) is 4.66. The molecule has 0 spiro atoms. The Kier molecular flexibility index (Phi) is 10.1. The van der Waals surface area contributed by atoms with Crippen LogP contribution in [0, 0.1) is 0 Å². The van der Waals surface area contributed by atoms with Crippen molar-refractivity contribution in [2.24, 2.45) is 4.99 Å². The van der Waals surface area contributed by atoms with Crippen molar-refractivity contribution in [3.63, 3.8) is 0 Å². The fourth-order valence-electron chi connectivity index (χ4n) is 7.52. The van der Waals surface area contributed by atoms with E-state index in [1.807, 2.05) is 57.2 Å². The third-order valence-corrected chi connectivity index (χ3v) is 10.2. The van der Waals surface area contributed by atoms with Crippen LogP contribution in [0.15, 0.2) is 186 Å². The molecule has 0 saturated heterocycles. The summed E-state index contributed by atoms with van der Waals surface area (Å²) in [7, 11) is 0. The molecule has 9 aromatic rings. The molecule has 0 atom stereocenters. The highest BCUT2D eigenvalue weighted by Gasteiger charge is 2.18. The smallest absolute Gasteiger partial charge is 0.143 e. The molecule has 2 N–H and O–H groups in total. The van der Waals surface area contributed by atoms with Crippen molar-refractivity contribution in [2.75, 3.05) is 10.6 Å². The SMILES string of the molecule is C=C(C=N/C=C\C)c1ccc(CN(c2ccc(-n3c4ccccc4c4cc(-c5cccc6c5oc5ccccc56)ccc43)cc2)c2ccccc2N)cc1.CC. The molecular formula is C51H44N4O. The van der Waals surface area contributed by atoms with Crippen molar-refractivity contribution < 1.29 is 4.42 Å². The second-order valence-corrected chi connectivity index (χ2v) is 13.5. The first kappa shape index (κ1) is 35.9. The topological polar surface area (TPSA) is 59.7 Å². The summed E-state index contributed by atoms with van der Waals surface area (Å²) in [6.45, 7) is 10.8. The van der Waals surface area contributed by atoms with E-state index in [4.69, 9.17) is 10.2 Å². The van der Waals surface area contributed by atoms with Gasteiger partial charge >= 0.3 is 0 Å². The monoisotopic (exact) mass is 728 g/mol. The summed E-state index contributed by atoms with van der Waals surface area (Å²) in [4.78, 5) is 6.56. The molecule has 0 aliphatic rings. The normalized spacial score (nSPS) is 11.6. The Labute approximate surface area is 328 Å². The van der Waals surface area contributed by atoms with E-state index in [0.717, 1.165) is 83.5 Å². The van der Waals surface area contributed by atoms with Gasteiger partial charge in [0.2, 0.25) is 0 Å². The predicted molar refractivity (Wildman–Crippen MR) is 240 cm³/mol. The van der Waals surface area contributed by atoms with Gasteiger partial charge in [-0.25, -0.2) is 0 Å². The Bertz CT molecular complexity index is 2890. The summed E-state index contributed by atoms with van der Waals surface area (Å²) in [6, 6.07) is 55.4. The maximum absolute atomic E-state index is 6.59. The highest BCUT2D eigenvalue weighted by atomic mass is 16.3. The van der Waals surface area contributed by atoms with E-state index in [9.17, 15) is 0 Å². The number of nitrogens with zero attached hydrogens (tertiary/aromatic N) is 3. The average Bonchev–Trinajstić information content (AvgIpc) is 3.80. The second-order valence-electron chi connectivity index (χ2n) is 13.5. The quantitative estimate of drug-likeness (QED) is 0.119. The van der Waals surface area contributed by atoms with Crippen LogP contribution in [0.2, 0.25) is 0 Å². The number of benzene rings is 7. The molecule has 56 heavy (non-hydrogen) atoms. The molecule has 0 unspecified atom stereocenters. The molecule has 0 saturated carbocycles. The third-order valence-electron chi connectivity index (χ3n) is 10.2. The van der Waals surface area contributed by atoms with Crippen molar-refractivity contribution in [3.8, 4) is 16.8 Å². The lowest BCUT2D eigenvalue weighted by molar-refractivity contribution is 0.670. The number of para-hydroxylation sites is 5. The van der Waals surface area contributed by atoms with Crippen LogP contribution >= 0.6 is 0 Å². The highest BCUT2D eigenvalue weighted by Crippen LogP contribution is 2.40. The Balaban J connectivity index is 0.00000217. The van der Waals surface area contributed by atoms with Gasteiger partial charge in [-0.15, -0.1) is 0 Å². The molecule has 0 fully saturated rings. The number of rotatable bonds is 9. The summed E-state index contributed by atoms with van der Waals surface area (Å²) >= 11 is 0. The first-order valence-electron chi connectivity index (χ1n) is 19.2. The lowest BCUT2D eigenvalue weighted by atomic mass is 10.0. The van der Waals surface area contributed by atoms with Crippen LogP contribution in [-0.2, 0) is 6.54 Å². The zero-order chi connectivity index (χ0) is 38.6. The first-order chi connectivity index (χ1) is 27.6. The molecular weight excluding hydrogens is 685 g/mol. The Morgan fingerprint density at radius 1 is 0.714 bits per heavy atom. The van der Waals surface area contributed by atoms with Gasteiger partial charge in [-0.3, -0.25) is 4.99 Å². The van der Waals surface area contributed by atoms with E-state index in [1.165, 1.54) is 10.8 Å². The van der Waals surface area contributed by atoms with Gasteiger partial charge in [0.1, 0.15) is 11.2 Å². The van der Waals surface area contributed by atoms with Gasteiger partial charge in [0, 0.05) is 57.4 Å². The van der Waals surface area contributed by atoms with Crippen molar-refractivity contribution in [1.29, 1.82) is 0 Å². The molecule has 5 heteroatoms.